The number of rotatable bonds is 2. The third kappa shape index (κ3) is 1.52. The van der Waals surface area contributed by atoms with Crippen LogP contribution in [0, 0.1) is 0 Å². The Hall–Kier alpha value is -2.37. The van der Waals surface area contributed by atoms with Gasteiger partial charge in [-0.1, -0.05) is 0 Å². The molecule has 0 aromatic carbocycles. The number of carbonyl (C=O) groups is 1. The normalized spacial score (nSPS) is 10.1. The summed E-state index contributed by atoms with van der Waals surface area (Å²) in [7, 11) is 0. The van der Waals surface area contributed by atoms with Gasteiger partial charge in [0.25, 0.3) is 5.56 Å². The first-order valence-electron chi connectivity index (χ1n) is 4.14. The Morgan fingerprint density at radius 2 is 2.07 bits per heavy atom. The van der Waals surface area contributed by atoms with Crippen LogP contribution < -0.4 is 5.56 Å². The van der Waals surface area contributed by atoms with E-state index in [-0.39, 0.29) is 5.56 Å². The molecular weight excluding hydrogens is 198 g/mol. The number of hydrogen-bond donors (Lipinski definition) is 2. The summed E-state index contributed by atoms with van der Waals surface area (Å²) in [6, 6.07) is 3.20. The number of aromatic nitrogens is 3. The van der Waals surface area contributed by atoms with Crippen LogP contribution in [0.4, 0.5) is 0 Å². The summed E-state index contributed by atoms with van der Waals surface area (Å²) in [5.41, 5.74) is -0.331. The van der Waals surface area contributed by atoms with Gasteiger partial charge in [-0.25, -0.2) is 9.48 Å². The van der Waals surface area contributed by atoms with E-state index in [0.717, 1.165) is 10.9 Å². The van der Waals surface area contributed by atoms with Crippen molar-refractivity contribution in [3.63, 3.8) is 0 Å². The van der Waals surface area contributed by atoms with Gasteiger partial charge in [-0.3, -0.25) is 14.9 Å². The summed E-state index contributed by atoms with van der Waals surface area (Å²) in [6.45, 7) is 0. The monoisotopic (exact) mass is 205 g/mol. The fraction of sp³-hybridized carbons (Fsp3) is 0. The second kappa shape index (κ2) is 3.41. The number of nitrogens with one attached hydrogen (secondary N) is 1. The molecule has 0 aliphatic heterocycles. The van der Waals surface area contributed by atoms with E-state index >= 15 is 0 Å². The molecule has 76 valence electrons. The van der Waals surface area contributed by atoms with Gasteiger partial charge in [0.05, 0.1) is 5.69 Å². The molecule has 0 aliphatic carbocycles. The molecule has 0 unspecified atom stereocenters. The zero-order chi connectivity index (χ0) is 10.8. The van der Waals surface area contributed by atoms with Crippen LogP contribution in [0.25, 0.3) is 5.69 Å². The molecule has 0 radical (unpaired) electrons. The quantitative estimate of drug-likeness (QED) is 0.736. The van der Waals surface area contributed by atoms with Crippen molar-refractivity contribution >= 4 is 5.97 Å². The van der Waals surface area contributed by atoms with Crippen LogP contribution in [0.1, 0.15) is 10.4 Å². The molecule has 0 bridgehead atoms. The Morgan fingerprint density at radius 1 is 1.40 bits per heavy atom. The molecule has 0 amide bonds. The van der Waals surface area contributed by atoms with Crippen LogP contribution in [-0.2, 0) is 0 Å². The summed E-state index contributed by atoms with van der Waals surface area (Å²) in [5, 5.41) is 11.2. The van der Waals surface area contributed by atoms with E-state index in [9.17, 15) is 9.59 Å². The van der Waals surface area contributed by atoms with E-state index in [1.807, 2.05) is 0 Å². The Balaban J connectivity index is 2.57. The van der Waals surface area contributed by atoms with Gasteiger partial charge < -0.3 is 5.11 Å². The number of carboxylic acid groups (broad SMARTS) is 1. The minimum atomic E-state index is -1.25. The molecule has 15 heavy (non-hydrogen) atoms. The van der Waals surface area contributed by atoms with Crippen LogP contribution in [0.5, 0.6) is 0 Å². The molecule has 2 aromatic rings. The van der Waals surface area contributed by atoms with E-state index in [4.69, 9.17) is 5.11 Å². The van der Waals surface area contributed by atoms with E-state index in [1.54, 1.807) is 12.1 Å². The predicted molar refractivity (Wildman–Crippen MR) is 51.1 cm³/mol. The summed E-state index contributed by atoms with van der Waals surface area (Å²) in [6.07, 6.45) is 4.19. The lowest BCUT2D eigenvalue weighted by atomic mass is 10.3. The Labute approximate surface area is 83.8 Å². The molecule has 0 saturated carbocycles. The highest BCUT2D eigenvalue weighted by Crippen LogP contribution is 2.01. The van der Waals surface area contributed by atoms with Crippen molar-refractivity contribution in [3.8, 4) is 5.69 Å². The van der Waals surface area contributed by atoms with Crippen LogP contribution in [0.15, 0.2) is 35.5 Å². The van der Waals surface area contributed by atoms with Crippen molar-refractivity contribution in [3.05, 3.63) is 46.6 Å². The lowest BCUT2D eigenvalue weighted by Crippen LogP contribution is -2.19. The number of H-pyrrole nitrogens is 1. The summed E-state index contributed by atoms with van der Waals surface area (Å²) >= 11 is 0. The number of aromatic carboxylic acids is 1. The van der Waals surface area contributed by atoms with Gasteiger partial charge in [-0.2, -0.15) is 0 Å². The van der Waals surface area contributed by atoms with E-state index in [2.05, 4.69) is 10.1 Å². The Kier molecular flexibility index (Phi) is 2.09. The van der Waals surface area contributed by atoms with Crippen LogP contribution in [-0.4, -0.2) is 25.8 Å². The highest BCUT2D eigenvalue weighted by atomic mass is 16.4. The van der Waals surface area contributed by atoms with Crippen molar-refractivity contribution < 1.29 is 9.90 Å². The molecule has 0 saturated heterocycles. The largest absolute Gasteiger partial charge is 0.477 e. The zero-order valence-corrected chi connectivity index (χ0v) is 7.54. The minimum Gasteiger partial charge on any atom is -0.477 e. The first-order valence-corrected chi connectivity index (χ1v) is 4.14. The minimum absolute atomic E-state index is 0.285. The standard InChI is InChI=1S/C9H7N3O3/c13-8-7(9(14)15)5-11-12(8)6-1-3-10-4-2-6/h1-5,11H,(H,14,15). The topological polar surface area (TPSA) is 88.0 Å². The number of hydrogen-bond acceptors (Lipinski definition) is 3. The molecule has 6 heteroatoms. The van der Waals surface area contributed by atoms with Gasteiger partial charge in [0.15, 0.2) is 0 Å². The number of nitrogens with zero attached hydrogens (tertiary/aromatic N) is 2. The maximum absolute atomic E-state index is 11.5. The summed E-state index contributed by atoms with van der Waals surface area (Å²) in [5.74, 6) is -1.25. The van der Waals surface area contributed by atoms with Gasteiger partial charge in [-0.05, 0) is 12.1 Å². The lowest BCUT2D eigenvalue weighted by Gasteiger charge is -1.98. The maximum atomic E-state index is 11.5. The number of carboxylic acids is 1. The van der Waals surface area contributed by atoms with Crippen molar-refractivity contribution in [1.29, 1.82) is 0 Å². The van der Waals surface area contributed by atoms with Gasteiger partial charge in [0, 0.05) is 18.6 Å². The highest BCUT2D eigenvalue weighted by molar-refractivity contribution is 5.86. The third-order valence-electron chi connectivity index (χ3n) is 1.92. The first-order chi connectivity index (χ1) is 7.20. The van der Waals surface area contributed by atoms with Crippen molar-refractivity contribution in [2.75, 3.05) is 0 Å². The van der Waals surface area contributed by atoms with Crippen LogP contribution >= 0.6 is 0 Å². The molecule has 0 fully saturated rings. The molecule has 2 N–H and O–H groups in total. The fourth-order valence-electron chi connectivity index (χ4n) is 1.21. The van der Waals surface area contributed by atoms with E-state index in [1.165, 1.54) is 12.4 Å². The molecule has 6 nitrogen and oxygen atoms in total. The predicted octanol–water partition coefficient (Wildman–Crippen LogP) is 0.259. The van der Waals surface area contributed by atoms with E-state index in [0.29, 0.717) is 5.69 Å². The van der Waals surface area contributed by atoms with Crippen molar-refractivity contribution in [1.82, 2.24) is 14.8 Å². The SMILES string of the molecule is O=C(O)c1c[nH]n(-c2ccncc2)c1=O. The molecular formula is C9H7N3O3. The average molecular weight is 205 g/mol. The zero-order valence-electron chi connectivity index (χ0n) is 7.54. The van der Waals surface area contributed by atoms with Gasteiger partial charge in [0.2, 0.25) is 0 Å². The van der Waals surface area contributed by atoms with Gasteiger partial charge >= 0.3 is 5.97 Å². The fourth-order valence-corrected chi connectivity index (χ4v) is 1.21. The first kappa shape index (κ1) is 9.20. The van der Waals surface area contributed by atoms with Gasteiger partial charge in [-0.15, -0.1) is 0 Å². The summed E-state index contributed by atoms with van der Waals surface area (Å²) < 4.78 is 1.14. The third-order valence-corrected chi connectivity index (χ3v) is 1.92. The molecule has 2 aromatic heterocycles. The van der Waals surface area contributed by atoms with Gasteiger partial charge in [0.1, 0.15) is 5.56 Å². The molecule has 2 heterocycles. The second-order valence-corrected chi connectivity index (χ2v) is 2.84. The lowest BCUT2D eigenvalue weighted by molar-refractivity contribution is 0.0695. The molecule has 0 spiro atoms. The van der Waals surface area contributed by atoms with E-state index < -0.39 is 11.5 Å². The Morgan fingerprint density at radius 3 is 2.60 bits per heavy atom. The number of pyridine rings is 1. The highest BCUT2D eigenvalue weighted by Gasteiger charge is 2.13. The smallest absolute Gasteiger partial charge is 0.342 e. The Bertz CT molecular complexity index is 541. The van der Waals surface area contributed by atoms with Crippen LogP contribution in [0.2, 0.25) is 0 Å². The second-order valence-electron chi connectivity index (χ2n) is 2.84. The molecule has 0 atom stereocenters. The molecule has 0 aliphatic rings. The van der Waals surface area contributed by atoms with Crippen LogP contribution in [0.3, 0.4) is 0 Å². The average Bonchev–Trinajstić information content (AvgIpc) is 2.61. The van der Waals surface area contributed by atoms with Crippen molar-refractivity contribution in [2.45, 2.75) is 0 Å². The van der Waals surface area contributed by atoms with Crippen molar-refractivity contribution in [2.24, 2.45) is 0 Å². The summed E-state index contributed by atoms with van der Waals surface area (Å²) in [4.78, 5) is 26.0. The number of aromatic amines is 1. The maximum Gasteiger partial charge on any atom is 0.342 e. The molecule has 2 rings (SSSR count).